The first-order valence-electron chi connectivity index (χ1n) is 12.1. The highest BCUT2D eigenvalue weighted by atomic mass is 32.2. The van der Waals surface area contributed by atoms with Crippen molar-refractivity contribution in [1.29, 1.82) is 5.26 Å². The zero-order valence-corrected chi connectivity index (χ0v) is 20.8. The van der Waals surface area contributed by atoms with Gasteiger partial charge in [0.05, 0.1) is 17.5 Å². The summed E-state index contributed by atoms with van der Waals surface area (Å²) in [6.07, 6.45) is 7.79. The van der Waals surface area contributed by atoms with Crippen molar-refractivity contribution in [2.24, 2.45) is 0 Å². The monoisotopic (exact) mass is 486 g/mol. The van der Waals surface area contributed by atoms with Crippen molar-refractivity contribution in [2.75, 3.05) is 18.9 Å². The molecule has 1 N–H and O–H groups in total. The Labute approximate surface area is 211 Å². The van der Waals surface area contributed by atoms with Gasteiger partial charge in [-0.05, 0) is 55.4 Å². The van der Waals surface area contributed by atoms with Crippen LogP contribution in [0.1, 0.15) is 38.2 Å². The van der Waals surface area contributed by atoms with Crippen molar-refractivity contribution < 1.29 is 9.53 Å². The number of carbonyl (C=O) groups is 1. The van der Waals surface area contributed by atoms with Gasteiger partial charge in [-0.1, -0.05) is 43.7 Å². The third-order valence-corrected chi connectivity index (χ3v) is 6.94. The summed E-state index contributed by atoms with van der Waals surface area (Å²) < 4.78 is 7.35. The number of ether oxygens (including phenoxy) is 1. The van der Waals surface area contributed by atoms with Gasteiger partial charge in [0.15, 0.2) is 0 Å². The van der Waals surface area contributed by atoms with Crippen LogP contribution >= 0.6 is 11.8 Å². The van der Waals surface area contributed by atoms with Gasteiger partial charge in [-0.25, -0.2) is 4.68 Å². The van der Waals surface area contributed by atoms with E-state index in [0.717, 1.165) is 42.1 Å². The number of para-hydroxylation sites is 1. The van der Waals surface area contributed by atoms with Crippen LogP contribution in [0.5, 0.6) is 0 Å². The first kappa shape index (κ1) is 24.8. The Kier molecular flexibility index (Phi) is 8.77. The van der Waals surface area contributed by atoms with E-state index in [1.165, 1.54) is 17.7 Å². The van der Waals surface area contributed by atoms with E-state index in [9.17, 15) is 10.1 Å². The zero-order valence-electron chi connectivity index (χ0n) is 19.9. The van der Waals surface area contributed by atoms with Crippen molar-refractivity contribution in [1.82, 2.24) is 15.1 Å². The Bertz CT molecular complexity index is 1190. The van der Waals surface area contributed by atoms with Gasteiger partial charge in [0, 0.05) is 35.4 Å². The van der Waals surface area contributed by atoms with Crippen LogP contribution in [0.2, 0.25) is 0 Å². The Morgan fingerprint density at radius 1 is 1.26 bits per heavy atom. The summed E-state index contributed by atoms with van der Waals surface area (Å²) in [6, 6.07) is 20.2. The van der Waals surface area contributed by atoms with Crippen LogP contribution in [0.15, 0.2) is 71.3 Å². The normalized spacial score (nSPS) is 15.7. The molecule has 3 aromatic rings. The molecule has 2 aromatic carbocycles. The van der Waals surface area contributed by atoms with Crippen LogP contribution in [0.4, 0.5) is 0 Å². The minimum Gasteiger partial charge on any atom is -0.376 e. The Balaban J connectivity index is 1.62. The lowest BCUT2D eigenvalue weighted by Crippen LogP contribution is -2.32. The van der Waals surface area contributed by atoms with E-state index in [0.29, 0.717) is 12.1 Å². The third kappa shape index (κ3) is 6.62. The van der Waals surface area contributed by atoms with Crippen molar-refractivity contribution in [3.8, 4) is 23.0 Å². The fourth-order valence-corrected chi connectivity index (χ4v) is 4.88. The van der Waals surface area contributed by atoms with Crippen molar-refractivity contribution in [3.05, 3.63) is 71.9 Å². The first-order chi connectivity index (χ1) is 17.2. The van der Waals surface area contributed by atoms with Crippen LogP contribution in [0.3, 0.4) is 0 Å². The van der Waals surface area contributed by atoms with Crippen molar-refractivity contribution in [3.63, 3.8) is 0 Å². The highest BCUT2D eigenvalue weighted by Gasteiger charge is 2.19. The Morgan fingerprint density at radius 3 is 2.74 bits per heavy atom. The molecular formula is C28H30N4O2S. The lowest BCUT2D eigenvalue weighted by molar-refractivity contribution is -0.117. The summed E-state index contributed by atoms with van der Waals surface area (Å²) >= 11 is 1.85. The quantitative estimate of drug-likeness (QED) is 0.174. The second-order valence-electron chi connectivity index (χ2n) is 8.45. The molecule has 7 heteroatoms. The molecule has 0 spiro atoms. The van der Waals surface area contributed by atoms with E-state index < -0.39 is 5.91 Å². The maximum atomic E-state index is 12.7. The number of nitrogens with zero attached hydrogens (tertiary/aromatic N) is 3. The van der Waals surface area contributed by atoms with Gasteiger partial charge in [-0.15, -0.1) is 11.8 Å². The number of aromatic nitrogens is 2. The van der Waals surface area contributed by atoms with Gasteiger partial charge < -0.3 is 10.1 Å². The number of unbranched alkanes of at least 4 members (excludes halogenated alkanes) is 1. The van der Waals surface area contributed by atoms with Crippen LogP contribution in [-0.4, -0.2) is 40.7 Å². The number of carbonyl (C=O) groups excluding carboxylic acids is 1. The number of hydrogen-bond acceptors (Lipinski definition) is 5. The van der Waals surface area contributed by atoms with Crippen molar-refractivity contribution >= 4 is 23.7 Å². The second-order valence-corrected chi connectivity index (χ2v) is 9.62. The zero-order chi connectivity index (χ0) is 24.5. The standard InChI is InChI=1S/C28H30N4O2S/c1-2-3-16-35-26-13-11-21(12-14-26)27-23(20-32(31-27)24-8-5-4-6-9-24)17-22(18-29)28(33)30-19-25-10-7-15-34-25/h4-6,8-9,11-14,17,20,25H,2-3,7,10,15-16,19H2,1H3,(H,30,33)/b22-17-/t25-/m1/s1. The van der Waals surface area contributed by atoms with Gasteiger partial charge in [0.25, 0.3) is 5.91 Å². The molecule has 0 saturated carbocycles. The maximum Gasteiger partial charge on any atom is 0.262 e. The van der Waals surface area contributed by atoms with Crippen molar-refractivity contribution in [2.45, 2.75) is 43.6 Å². The third-order valence-electron chi connectivity index (χ3n) is 5.84. The highest BCUT2D eigenvalue weighted by molar-refractivity contribution is 7.99. The molecule has 0 bridgehead atoms. The number of hydrogen-bond donors (Lipinski definition) is 1. The SMILES string of the molecule is CCCCSc1ccc(-c2nn(-c3ccccc3)cc2/C=C(/C#N)C(=O)NC[C@H]2CCCO2)cc1. The Morgan fingerprint density at radius 2 is 2.06 bits per heavy atom. The summed E-state index contributed by atoms with van der Waals surface area (Å²) in [7, 11) is 0. The largest absolute Gasteiger partial charge is 0.376 e. The molecule has 4 rings (SSSR count). The summed E-state index contributed by atoms with van der Waals surface area (Å²) in [6.45, 7) is 3.32. The molecule has 0 aliphatic carbocycles. The van der Waals surface area contributed by atoms with Gasteiger partial charge in [-0.3, -0.25) is 4.79 Å². The minimum absolute atomic E-state index is 0.0176. The number of rotatable bonds is 10. The lowest BCUT2D eigenvalue weighted by atomic mass is 10.1. The molecule has 180 valence electrons. The van der Waals surface area contributed by atoms with E-state index in [1.54, 1.807) is 10.8 Å². The summed E-state index contributed by atoms with van der Waals surface area (Å²) in [5.41, 5.74) is 3.32. The average Bonchev–Trinajstić information content (AvgIpc) is 3.57. The first-order valence-corrected chi connectivity index (χ1v) is 13.1. The number of thioether (sulfide) groups is 1. The van der Waals surface area contributed by atoms with Gasteiger partial charge in [-0.2, -0.15) is 10.4 Å². The predicted octanol–water partition coefficient (Wildman–Crippen LogP) is 5.63. The lowest BCUT2D eigenvalue weighted by Gasteiger charge is -2.10. The number of nitrogens with one attached hydrogen (secondary N) is 1. The number of amides is 1. The van der Waals surface area contributed by atoms with Crippen LogP contribution < -0.4 is 5.32 Å². The smallest absolute Gasteiger partial charge is 0.262 e. The molecule has 0 unspecified atom stereocenters. The molecule has 1 amide bonds. The predicted molar refractivity (Wildman–Crippen MR) is 140 cm³/mol. The molecule has 1 aromatic heterocycles. The summed E-state index contributed by atoms with van der Waals surface area (Å²) in [4.78, 5) is 14.0. The molecule has 0 radical (unpaired) electrons. The van der Waals surface area contributed by atoms with E-state index in [2.05, 4.69) is 30.4 Å². The topological polar surface area (TPSA) is 79.9 Å². The highest BCUT2D eigenvalue weighted by Crippen LogP contribution is 2.28. The molecule has 1 atom stereocenters. The molecule has 1 saturated heterocycles. The minimum atomic E-state index is -0.399. The van der Waals surface area contributed by atoms with Crippen LogP contribution in [-0.2, 0) is 9.53 Å². The maximum absolute atomic E-state index is 12.7. The average molecular weight is 487 g/mol. The summed E-state index contributed by atoms with van der Waals surface area (Å²) in [5.74, 6) is 0.697. The fraction of sp³-hybridized carbons (Fsp3) is 0.321. The molecule has 1 fully saturated rings. The molecular weight excluding hydrogens is 456 g/mol. The fourth-order valence-electron chi connectivity index (χ4n) is 3.88. The van der Waals surface area contributed by atoms with Crippen LogP contribution in [0, 0.1) is 11.3 Å². The second kappa shape index (κ2) is 12.4. The van der Waals surface area contributed by atoms with Crippen LogP contribution in [0.25, 0.3) is 23.0 Å². The van der Waals surface area contributed by atoms with E-state index in [1.807, 2.05) is 60.4 Å². The molecule has 6 nitrogen and oxygen atoms in total. The van der Waals surface area contributed by atoms with E-state index in [4.69, 9.17) is 9.84 Å². The number of benzene rings is 2. The molecule has 1 aliphatic rings. The van der Waals surface area contributed by atoms with E-state index in [-0.39, 0.29) is 11.7 Å². The van der Waals surface area contributed by atoms with Gasteiger partial charge in [0.1, 0.15) is 11.6 Å². The van der Waals surface area contributed by atoms with E-state index >= 15 is 0 Å². The molecule has 2 heterocycles. The Hall–Kier alpha value is -3.34. The van der Waals surface area contributed by atoms with Gasteiger partial charge >= 0.3 is 0 Å². The van der Waals surface area contributed by atoms with Gasteiger partial charge in [0.2, 0.25) is 0 Å². The molecule has 1 aliphatic heterocycles. The molecule has 35 heavy (non-hydrogen) atoms. The summed E-state index contributed by atoms with van der Waals surface area (Å²) in [5, 5.41) is 17.4. The number of nitriles is 1.